The maximum Gasteiger partial charge on any atom is 0.334 e. The van der Waals surface area contributed by atoms with Crippen LogP contribution >= 0.6 is 0 Å². The number of Topliss-reactive ketones (excluding diaryl/α,β-unsaturated/α-hetero) is 1. The molecule has 70 heavy (non-hydrogen) atoms. The van der Waals surface area contributed by atoms with Gasteiger partial charge in [0.1, 0.15) is 29.0 Å². The zero-order valence-electron chi connectivity index (χ0n) is 39.9. The number of phenols is 1. The number of aliphatic hydroxyl groups is 4. The van der Waals surface area contributed by atoms with E-state index in [1.807, 2.05) is 42.5 Å². The highest BCUT2D eigenvalue weighted by Crippen LogP contribution is 2.64. The molecule has 11 nitrogen and oxygen atoms in total. The van der Waals surface area contributed by atoms with E-state index in [1.54, 1.807) is 19.1 Å². The highest BCUT2D eigenvalue weighted by molar-refractivity contribution is 5.89. The summed E-state index contributed by atoms with van der Waals surface area (Å²) >= 11 is 0. The minimum atomic E-state index is -1.68. The minimum Gasteiger partial charge on any atom is -0.507 e. The molecule has 6 N–H and O–H groups in total. The van der Waals surface area contributed by atoms with Crippen molar-refractivity contribution in [1.82, 2.24) is 0 Å². The van der Waals surface area contributed by atoms with Crippen molar-refractivity contribution in [3.05, 3.63) is 123 Å². The maximum atomic E-state index is 15.7. The number of allylic oxidation sites excluding steroid dienone is 4. The molecule has 8 aliphatic rings. The van der Waals surface area contributed by atoms with E-state index in [0.717, 1.165) is 49.7 Å². The van der Waals surface area contributed by atoms with Crippen LogP contribution < -0.4 is 10.1 Å². The second-order valence-electron chi connectivity index (χ2n) is 21.8. The van der Waals surface area contributed by atoms with Gasteiger partial charge in [-0.25, -0.2) is 4.79 Å². The molecule has 13 unspecified atom stereocenters. The van der Waals surface area contributed by atoms with Gasteiger partial charge in [-0.3, -0.25) is 9.59 Å². The van der Waals surface area contributed by atoms with Gasteiger partial charge in [0.05, 0.1) is 31.2 Å². The minimum absolute atomic E-state index is 0.0237. The number of carbonyl (C=O) groups excluding carboxylic acids is 3. The van der Waals surface area contributed by atoms with Crippen LogP contribution in [0.25, 0.3) is 0 Å². The number of aliphatic hydroxyl groups excluding tert-OH is 3. The first-order valence-corrected chi connectivity index (χ1v) is 25.9. The van der Waals surface area contributed by atoms with Crippen molar-refractivity contribution < 1.29 is 49.4 Å². The molecule has 3 aromatic carbocycles. The number of aromatic hydroxyl groups is 1. The number of fused-ring (bicyclic) bond motifs is 10. The summed E-state index contributed by atoms with van der Waals surface area (Å²) in [6.45, 7) is 1.62. The van der Waals surface area contributed by atoms with Gasteiger partial charge in [0.15, 0.2) is 0 Å². The summed E-state index contributed by atoms with van der Waals surface area (Å²) < 4.78 is 13.2. The zero-order chi connectivity index (χ0) is 48.4. The van der Waals surface area contributed by atoms with Gasteiger partial charge >= 0.3 is 11.9 Å². The Labute approximate surface area is 410 Å². The number of nitrogens with one attached hydrogen (secondary N) is 1. The molecule has 3 fully saturated rings. The monoisotopic (exact) mass is 947 g/mol. The molecule has 11 heteroatoms. The van der Waals surface area contributed by atoms with E-state index >= 15 is 4.79 Å². The number of hydrogen-bond donors (Lipinski definition) is 6. The summed E-state index contributed by atoms with van der Waals surface area (Å²) in [5.74, 6) is 2.74. The summed E-state index contributed by atoms with van der Waals surface area (Å²) in [4.78, 5) is 44.0. The Kier molecular flexibility index (Phi) is 12.7. The molecule has 3 heterocycles. The van der Waals surface area contributed by atoms with E-state index in [4.69, 9.17) is 9.47 Å². The molecule has 13 atom stereocenters. The van der Waals surface area contributed by atoms with Gasteiger partial charge in [-0.2, -0.15) is 0 Å². The predicted octanol–water partition coefficient (Wildman–Crippen LogP) is 7.80. The topological polar surface area (TPSA) is 183 Å². The largest absolute Gasteiger partial charge is 0.507 e. The van der Waals surface area contributed by atoms with Gasteiger partial charge in [0.2, 0.25) is 0 Å². The number of rotatable bonds is 6. The van der Waals surface area contributed by atoms with Crippen molar-refractivity contribution in [3.63, 3.8) is 0 Å². The fourth-order valence-corrected chi connectivity index (χ4v) is 14.4. The van der Waals surface area contributed by atoms with Crippen LogP contribution in [0.1, 0.15) is 128 Å². The Balaban J connectivity index is 1.16. The highest BCUT2D eigenvalue weighted by atomic mass is 16.6. The zero-order valence-corrected chi connectivity index (χ0v) is 39.9. The molecule has 3 aliphatic heterocycles. The van der Waals surface area contributed by atoms with Crippen molar-refractivity contribution in [2.75, 3.05) is 11.9 Å². The third-order valence-electron chi connectivity index (χ3n) is 17.4. The maximum absolute atomic E-state index is 15.7. The van der Waals surface area contributed by atoms with Crippen LogP contribution in [0.15, 0.2) is 84.5 Å². The molecule has 0 radical (unpaired) electrons. The first-order valence-electron chi connectivity index (χ1n) is 25.9. The normalized spacial score (nSPS) is 33.9. The third kappa shape index (κ3) is 8.52. The first-order chi connectivity index (χ1) is 33.9. The smallest absolute Gasteiger partial charge is 0.334 e. The SMILES string of the molecule is CC(O)CNc1cc(CO)cc(C2C#CC3CC(=O)Oc4c3cc(c(O)c4C3CCCCC3)CC3OC(=O)C(=CC(O)Cc4cccc(c4)CC4C(=O)CC5C=CC6C7C=CCCC7C3(O)C5C46)C2)c1. The predicted molar refractivity (Wildman–Crippen MR) is 263 cm³/mol. The van der Waals surface area contributed by atoms with Crippen molar-refractivity contribution in [2.45, 2.75) is 139 Å². The van der Waals surface area contributed by atoms with Crippen molar-refractivity contribution >= 4 is 23.4 Å². The molecule has 366 valence electrons. The average molecular weight is 948 g/mol. The second-order valence-corrected chi connectivity index (χ2v) is 21.8. The van der Waals surface area contributed by atoms with Crippen LogP contribution in [-0.4, -0.2) is 73.7 Å². The van der Waals surface area contributed by atoms with Crippen molar-refractivity contribution in [2.24, 2.45) is 41.4 Å². The lowest BCUT2D eigenvalue weighted by Crippen LogP contribution is -2.70. The fourth-order valence-electron chi connectivity index (χ4n) is 14.4. The lowest BCUT2D eigenvalue weighted by atomic mass is 9.42. The van der Waals surface area contributed by atoms with Gasteiger partial charge in [-0.1, -0.05) is 85.7 Å². The van der Waals surface area contributed by atoms with Crippen LogP contribution in [0.4, 0.5) is 5.69 Å². The first kappa shape index (κ1) is 46.8. The lowest BCUT2D eigenvalue weighted by molar-refractivity contribution is -0.239. The van der Waals surface area contributed by atoms with Gasteiger partial charge in [0.25, 0.3) is 0 Å². The molecular weight excluding hydrogens is 883 g/mol. The van der Waals surface area contributed by atoms with Crippen molar-refractivity contribution in [1.29, 1.82) is 0 Å². The molecule has 0 spiro atoms. The third-order valence-corrected chi connectivity index (χ3v) is 17.4. The van der Waals surface area contributed by atoms with E-state index in [9.17, 15) is 35.1 Å². The van der Waals surface area contributed by atoms with Gasteiger partial charge in [0, 0.05) is 65.9 Å². The Bertz CT molecular complexity index is 2740. The van der Waals surface area contributed by atoms with E-state index in [-0.39, 0.29) is 97.9 Å². The number of carbonyl (C=O) groups is 3. The summed E-state index contributed by atoms with van der Waals surface area (Å²) in [6, 6.07) is 15.3. The Hall–Kier alpha value is -5.51. The molecular formula is C59H65NO10. The summed E-state index contributed by atoms with van der Waals surface area (Å²) in [7, 11) is 0. The standard InChI is InChI=1S/C59H65NO10/c1-32(62)30-60-43-20-35(31-61)19-40(24-43)37-14-15-38-29-52(65)70-57-47(38)26-41(56(66)53(57)36-10-3-2-4-11-36)28-51-59(68)49-13-6-5-12-45(49)46-17-16-39-27-50(64)48(54(46)55(39)59)22-34-9-7-8-33(18-34)21-44(63)25-42(23-37)58(67)69-51/h5,7-9,12,16-20,24-26,32,36-39,44-46,48-49,51,54-55,60-63,66,68H,2-4,6,10-11,13,21-23,27-31H2,1H3. The Morgan fingerprint density at radius 2 is 1.67 bits per heavy atom. The van der Waals surface area contributed by atoms with Gasteiger partial charge in [-0.15, -0.1) is 0 Å². The quantitative estimate of drug-likeness (QED) is 0.0614. The number of esters is 2. The molecule has 0 aromatic heterocycles. The molecule has 3 aromatic rings. The number of benzene rings is 3. The summed E-state index contributed by atoms with van der Waals surface area (Å²) in [5, 5.41) is 63.2. The second kappa shape index (κ2) is 18.9. The van der Waals surface area contributed by atoms with E-state index < -0.39 is 59.5 Å². The molecule has 0 amide bonds. The molecule has 0 saturated heterocycles. The van der Waals surface area contributed by atoms with Gasteiger partial charge in [-0.05, 0) is 133 Å². The van der Waals surface area contributed by atoms with Crippen LogP contribution in [0.2, 0.25) is 0 Å². The number of ether oxygens (including phenoxy) is 2. The number of anilines is 1. The van der Waals surface area contributed by atoms with Crippen molar-refractivity contribution in [3.8, 4) is 23.3 Å². The molecule has 5 aliphatic carbocycles. The van der Waals surface area contributed by atoms with Crippen LogP contribution in [0.3, 0.4) is 0 Å². The van der Waals surface area contributed by atoms with E-state index in [0.29, 0.717) is 52.1 Å². The number of ketones is 1. The van der Waals surface area contributed by atoms with Crippen LogP contribution in [0, 0.1) is 53.3 Å². The molecule has 11 rings (SSSR count). The Morgan fingerprint density at radius 3 is 2.47 bits per heavy atom. The Morgan fingerprint density at radius 1 is 0.871 bits per heavy atom. The van der Waals surface area contributed by atoms with E-state index in [2.05, 4.69) is 41.5 Å². The summed E-state index contributed by atoms with van der Waals surface area (Å²) in [5.41, 5.74) is 3.86. The highest BCUT2D eigenvalue weighted by Gasteiger charge is 2.67. The molecule has 3 saturated carbocycles. The molecule has 12 bridgehead atoms. The lowest BCUT2D eigenvalue weighted by Gasteiger charge is -2.64. The summed E-state index contributed by atoms with van der Waals surface area (Å²) in [6.07, 6.45) is 14.0. The number of hydrogen-bond acceptors (Lipinski definition) is 11. The average Bonchev–Trinajstić information content (AvgIpc) is 3.35. The van der Waals surface area contributed by atoms with E-state index in [1.165, 1.54) is 0 Å². The fraction of sp³-hybridized carbons (Fsp3) is 0.508. The number of phenolic OH excluding ortho intramolecular Hbond substituents is 1. The van der Waals surface area contributed by atoms with Crippen LogP contribution in [0.5, 0.6) is 11.5 Å². The van der Waals surface area contributed by atoms with Gasteiger partial charge < -0.3 is 40.3 Å². The van der Waals surface area contributed by atoms with Crippen LogP contribution in [-0.2, 0) is 45.0 Å².